The highest BCUT2D eigenvalue weighted by Gasteiger charge is 2.28. The summed E-state index contributed by atoms with van der Waals surface area (Å²) in [4.78, 5) is 40.9. The van der Waals surface area contributed by atoms with Crippen molar-refractivity contribution in [1.29, 1.82) is 0 Å². The van der Waals surface area contributed by atoms with Gasteiger partial charge in [-0.05, 0) is 44.2 Å². The fraction of sp³-hybridized carbons (Fsp3) is 0.407. The molecule has 10 heteroatoms. The van der Waals surface area contributed by atoms with Crippen molar-refractivity contribution in [3.8, 4) is 5.75 Å². The van der Waals surface area contributed by atoms with Gasteiger partial charge in [-0.1, -0.05) is 6.58 Å². The van der Waals surface area contributed by atoms with Crippen molar-refractivity contribution in [3.63, 3.8) is 0 Å². The first-order valence-corrected chi connectivity index (χ1v) is 12.6. The molecule has 0 saturated carbocycles. The Labute approximate surface area is 216 Å². The number of carbonyl (C=O) groups is 1. The van der Waals surface area contributed by atoms with Gasteiger partial charge in [-0.3, -0.25) is 14.2 Å². The van der Waals surface area contributed by atoms with E-state index in [1.165, 1.54) is 6.08 Å². The second-order valence-corrected chi connectivity index (χ2v) is 9.70. The molecule has 0 spiro atoms. The van der Waals surface area contributed by atoms with Crippen molar-refractivity contribution in [2.75, 3.05) is 63.6 Å². The molecule has 2 fully saturated rings. The van der Waals surface area contributed by atoms with E-state index in [2.05, 4.69) is 39.8 Å². The Balaban J connectivity index is 1.46. The lowest BCUT2D eigenvalue weighted by Gasteiger charge is -2.34. The summed E-state index contributed by atoms with van der Waals surface area (Å²) >= 11 is 0. The minimum absolute atomic E-state index is 0.129. The first-order valence-electron chi connectivity index (χ1n) is 12.6. The van der Waals surface area contributed by atoms with E-state index in [1.807, 2.05) is 19.1 Å². The smallest absolute Gasteiger partial charge is 0.252 e. The Morgan fingerprint density at radius 1 is 1.19 bits per heavy atom. The zero-order valence-electron chi connectivity index (χ0n) is 21.6. The highest BCUT2D eigenvalue weighted by Crippen LogP contribution is 2.32. The van der Waals surface area contributed by atoms with Crippen molar-refractivity contribution in [2.24, 2.45) is 0 Å². The van der Waals surface area contributed by atoms with Gasteiger partial charge in [0.25, 0.3) is 5.56 Å². The molecule has 1 aromatic carbocycles. The van der Waals surface area contributed by atoms with Gasteiger partial charge in [-0.25, -0.2) is 4.98 Å². The topological polar surface area (TPSA) is 95.8 Å². The molecule has 0 bridgehead atoms. The molecule has 5 rings (SSSR count). The van der Waals surface area contributed by atoms with Crippen molar-refractivity contribution in [1.82, 2.24) is 24.3 Å². The summed E-state index contributed by atoms with van der Waals surface area (Å²) in [6.45, 7) is 10.5. The maximum absolute atomic E-state index is 13.1. The van der Waals surface area contributed by atoms with Crippen LogP contribution in [0, 0.1) is 6.92 Å². The maximum Gasteiger partial charge on any atom is 0.252 e. The van der Waals surface area contributed by atoms with Crippen LogP contribution in [0.3, 0.4) is 0 Å². The van der Waals surface area contributed by atoms with Gasteiger partial charge in [0.1, 0.15) is 11.4 Å². The van der Waals surface area contributed by atoms with E-state index in [-0.39, 0.29) is 17.5 Å². The number of benzene rings is 1. The minimum Gasteiger partial charge on any atom is -0.494 e. The Morgan fingerprint density at radius 3 is 2.70 bits per heavy atom. The van der Waals surface area contributed by atoms with Crippen molar-refractivity contribution >= 4 is 34.3 Å². The third-order valence-electron chi connectivity index (χ3n) is 7.31. The van der Waals surface area contributed by atoms with Crippen LogP contribution in [0.25, 0.3) is 11.0 Å². The van der Waals surface area contributed by atoms with Gasteiger partial charge >= 0.3 is 0 Å². The number of rotatable bonds is 6. The molecule has 1 atom stereocenters. The molecule has 194 valence electrons. The quantitative estimate of drug-likeness (QED) is 0.513. The molecule has 37 heavy (non-hydrogen) atoms. The van der Waals surface area contributed by atoms with Crippen LogP contribution < -0.4 is 20.5 Å². The number of nitrogens with one attached hydrogen (secondary N) is 1. The fourth-order valence-electron chi connectivity index (χ4n) is 5.13. The van der Waals surface area contributed by atoms with Gasteiger partial charge in [0.15, 0.2) is 0 Å². The monoisotopic (exact) mass is 503 g/mol. The standard InChI is InChI=1S/C27H33N7O3/c1-5-24(35)33-9-8-20(17-33)34-25(36)14-18(2)21-16-28-27(30-26(21)34)29-22-7-6-19(15-23(22)37-4)32-12-10-31(3)11-13-32/h5-7,14-16,20H,1,8-13,17H2,2-4H3,(H,28,29,30). The molecular formula is C27H33N7O3. The number of amides is 1. The second kappa shape index (κ2) is 10.2. The molecule has 1 unspecified atom stereocenters. The van der Waals surface area contributed by atoms with E-state index in [0.29, 0.717) is 36.9 Å². The van der Waals surface area contributed by atoms with E-state index in [4.69, 9.17) is 9.72 Å². The number of ether oxygens (including phenoxy) is 1. The normalized spacial score (nSPS) is 18.3. The molecule has 2 aliphatic rings. The number of hydrogen-bond donors (Lipinski definition) is 1. The molecule has 2 aromatic heterocycles. The Kier molecular flexibility index (Phi) is 6.84. The lowest BCUT2D eigenvalue weighted by Crippen LogP contribution is -2.44. The van der Waals surface area contributed by atoms with Crippen LogP contribution in [0.4, 0.5) is 17.3 Å². The second-order valence-electron chi connectivity index (χ2n) is 9.70. The highest BCUT2D eigenvalue weighted by atomic mass is 16.5. The predicted octanol–water partition coefficient (Wildman–Crippen LogP) is 2.56. The number of likely N-dealkylation sites (N-methyl/N-ethyl adjacent to an activating group) is 1. The minimum atomic E-state index is -0.167. The summed E-state index contributed by atoms with van der Waals surface area (Å²) in [5, 5.41) is 4.08. The fourth-order valence-corrected chi connectivity index (χ4v) is 5.13. The van der Waals surface area contributed by atoms with Gasteiger partial charge in [-0.15, -0.1) is 0 Å². The lowest BCUT2D eigenvalue weighted by atomic mass is 10.1. The SMILES string of the molecule is C=CC(=O)N1CCC(n2c(=O)cc(C)c3cnc(Nc4ccc(N5CCN(C)CC5)cc4OC)nc32)C1. The highest BCUT2D eigenvalue weighted by molar-refractivity contribution is 5.87. The van der Waals surface area contributed by atoms with Crippen molar-refractivity contribution < 1.29 is 9.53 Å². The largest absolute Gasteiger partial charge is 0.494 e. The van der Waals surface area contributed by atoms with Gasteiger partial charge in [0.05, 0.1) is 18.8 Å². The summed E-state index contributed by atoms with van der Waals surface area (Å²) in [5.74, 6) is 0.932. The van der Waals surface area contributed by atoms with Crippen LogP contribution in [0.1, 0.15) is 18.0 Å². The number of aromatic nitrogens is 3. The van der Waals surface area contributed by atoms with E-state index in [0.717, 1.165) is 48.5 Å². The summed E-state index contributed by atoms with van der Waals surface area (Å²) < 4.78 is 7.38. The summed E-state index contributed by atoms with van der Waals surface area (Å²) in [6.07, 6.45) is 3.72. The number of carbonyl (C=O) groups excluding carboxylic acids is 1. The number of fused-ring (bicyclic) bond motifs is 1. The van der Waals surface area contributed by atoms with Crippen LogP contribution in [0.15, 0.2) is 47.9 Å². The number of likely N-dealkylation sites (tertiary alicyclic amines) is 1. The first kappa shape index (κ1) is 24.8. The Morgan fingerprint density at radius 2 is 1.97 bits per heavy atom. The van der Waals surface area contributed by atoms with Gasteiger partial charge in [0, 0.05) is 68.7 Å². The average Bonchev–Trinajstić information content (AvgIpc) is 3.38. The number of methoxy groups -OCH3 is 1. The van der Waals surface area contributed by atoms with Gasteiger partial charge in [0.2, 0.25) is 11.9 Å². The third-order valence-corrected chi connectivity index (χ3v) is 7.31. The van der Waals surface area contributed by atoms with E-state index >= 15 is 0 Å². The number of aryl methyl sites for hydroxylation is 1. The molecule has 0 aliphatic carbocycles. The average molecular weight is 504 g/mol. The molecule has 0 radical (unpaired) electrons. The number of anilines is 3. The molecule has 1 amide bonds. The number of piperazine rings is 1. The van der Waals surface area contributed by atoms with Crippen molar-refractivity contribution in [3.05, 3.63) is 59.0 Å². The predicted molar refractivity (Wildman–Crippen MR) is 145 cm³/mol. The molecule has 2 saturated heterocycles. The molecular weight excluding hydrogens is 470 g/mol. The van der Waals surface area contributed by atoms with Crippen LogP contribution in [0.2, 0.25) is 0 Å². The summed E-state index contributed by atoms with van der Waals surface area (Å²) in [5.41, 5.74) is 3.08. The Hall–Kier alpha value is -3.92. The zero-order chi connectivity index (χ0) is 26.1. The van der Waals surface area contributed by atoms with Gasteiger partial charge in [-0.2, -0.15) is 4.98 Å². The molecule has 4 heterocycles. The molecule has 1 N–H and O–H groups in total. The summed E-state index contributed by atoms with van der Waals surface area (Å²) in [7, 11) is 3.78. The van der Waals surface area contributed by atoms with E-state index in [9.17, 15) is 9.59 Å². The van der Waals surface area contributed by atoms with E-state index in [1.54, 1.807) is 28.8 Å². The van der Waals surface area contributed by atoms with Crippen molar-refractivity contribution in [2.45, 2.75) is 19.4 Å². The third kappa shape index (κ3) is 4.89. The molecule has 10 nitrogen and oxygen atoms in total. The maximum atomic E-state index is 13.1. The van der Waals surface area contributed by atoms with Crippen LogP contribution in [0.5, 0.6) is 5.75 Å². The van der Waals surface area contributed by atoms with Crippen LogP contribution in [-0.4, -0.2) is 83.7 Å². The van der Waals surface area contributed by atoms with Gasteiger partial charge < -0.3 is 24.8 Å². The Bertz CT molecular complexity index is 1390. The van der Waals surface area contributed by atoms with E-state index < -0.39 is 0 Å². The summed E-state index contributed by atoms with van der Waals surface area (Å²) in [6, 6.07) is 7.51. The number of hydrogen-bond acceptors (Lipinski definition) is 8. The lowest BCUT2D eigenvalue weighted by molar-refractivity contribution is -0.125. The number of pyridine rings is 1. The number of nitrogens with zero attached hydrogens (tertiary/aromatic N) is 6. The van der Waals surface area contributed by atoms with Crippen LogP contribution in [-0.2, 0) is 4.79 Å². The molecule has 3 aromatic rings. The van der Waals surface area contributed by atoms with Crippen LogP contribution >= 0.6 is 0 Å². The first-order chi connectivity index (χ1) is 17.9. The zero-order valence-corrected chi connectivity index (χ0v) is 21.6. The molecule has 2 aliphatic heterocycles.